The summed E-state index contributed by atoms with van der Waals surface area (Å²) in [7, 11) is 0. The highest BCUT2D eigenvalue weighted by Gasteiger charge is 2.20. The van der Waals surface area contributed by atoms with Crippen molar-refractivity contribution in [3.63, 3.8) is 0 Å². The number of anilines is 1. The number of hydrogen-bond acceptors (Lipinski definition) is 5. The third-order valence-corrected chi connectivity index (χ3v) is 3.84. The maximum absolute atomic E-state index is 12.0. The molecule has 30 heavy (non-hydrogen) atoms. The van der Waals surface area contributed by atoms with E-state index in [1.54, 1.807) is 25.7 Å². The van der Waals surface area contributed by atoms with Gasteiger partial charge in [0.15, 0.2) is 0 Å². The number of ether oxygens (including phenoxy) is 2. The second-order valence-electron chi connectivity index (χ2n) is 9.02. The molecule has 168 valence electrons. The van der Waals surface area contributed by atoms with E-state index < -0.39 is 23.4 Å². The van der Waals surface area contributed by atoms with E-state index in [1.807, 2.05) is 52.8 Å². The van der Waals surface area contributed by atoms with Crippen molar-refractivity contribution < 1.29 is 19.1 Å². The lowest BCUT2D eigenvalue weighted by molar-refractivity contribution is 0.0524. The zero-order valence-electron chi connectivity index (χ0n) is 19.4. The van der Waals surface area contributed by atoms with E-state index >= 15 is 0 Å². The summed E-state index contributed by atoms with van der Waals surface area (Å²) in [6.45, 7) is 15.6. The lowest BCUT2D eigenvalue weighted by atomic mass is 10.1. The zero-order chi connectivity index (χ0) is 23.1. The quantitative estimate of drug-likeness (QED) is 0.485. The molecule has 2 amide bonds. The number of nitrogens with zero attached hydrogens (tertiary/aromatic N) is 1. The first-order chi connectivity index (χ1) is 13.7. The second kappa shape index (κ2) is 10.3. The molecule has 8 nitrogen and oxygen atoms in total. The summed E-state index contributed by atoms with van der Waals surface area (Å²) in [5, 5.41) is 13.5. The Balaban J connectivity index is 2.73. The molecule has 0 saturated carbocycles. The van der Waals surface area contributed by atoms with Crippen LogP contribution in [0.5, 0.6) is 0 Å². The fraction of sp³-hybridized carbons (Fsp3) is 0.591. The van der Waals surface area contributed by atoms with Crippen molar-refractivity contribution in [1.82, 2.24) is 10.6 Å². The Bertz CT molecular complexity index is 763. The van der Waals surface area contributed by atoms with Crippen LogP contribution < -0.4 is 15.5 Å². The maximum atomic E-state index is 12.0. The van der Waals surface area contributed by atoms with E-state index in [2.05, 4.69) is 10.6 Å². The standard InChI is InChI=1S/C22H36N4O4/c1-9-26(18(23)25-20(28)30-22(6,7)8)17-11-10-16(14-15(17)2)12-13-24-19(27)29-21(3,4)5/h10-11,14H,9,12-13H2,1-8H3,(H,24,27)(H2,23,25,28). The number of amides is 2. The van der Waals surface area contributed by atoms with Crippen LogP contribution in [-0.4, -0.2) is 42.4 Å². The fourth-order valence-corrected chi connectivity index (χ4v) is 2.72. The van der Waals surface area contributed by atoms with Crippen molar-refractivity contribution >= 4 is 23.8 Å². The Morgan fingerprint density at radius 2 is 1.60 bits per heavy atom. The minimum absolute atomic E-state index is 0.0470. The van der Waals surface area contributed by atoms with E-state index in [-0.39, 0.29) is 5.96 Å². The predicted octanol–water partition coefficient (Wildman–Crippen LogP) is 4.35. The number of rotatable bonds is 5. The molecule has 0 heterocycles. The van der Waals surface area contributed by atoms with Gasteiger partial charge < -0.3 is 19.7 Å². The summed E-state index contributed by atoms with van der Waals surface area (Å²) in [5.41, 5.74) is 1.68. The number of alkyl carbamates (subject to hydrolysis) is 2. The minimum atomic E-state index is -0.659. The molecule has 0 aliphatic rings. The Hall–Kier alpha value is -2.77. The SMILES string of the molecule is CCN(C(=N)NC(=O)OC(C)(C)C)c1ccc(CCNC(=O)OC(C)(C)C)cc1C. The largest absolute Gasteiger partial charge is 0.444 e. The summed E-state index contributed by atoms with van der Waals surface area (Å²) in [6, 6.07) is 5.87. The molecular weight excluding hydrogens is 384 g/mol. The number of guanidine groups is 1. The monoisotopic (exact) mass is 420 g/mol. The smallest absolute Gasteiger partial charge is 0.414 e. The van der Waals surface area contributed by atoms with E-state index in [1.165, 1.54) is 0 Å². The highest BCUT2D eigenvalue weighted by atomic mass is 16.6. The van der Waals surface area contributed by atoms with E-state index in [4.69, 9.17) is 14.9 Å². The molecule has 0 bridgehead atoms. The Kier molecular flexibility index (Phi) is 8.69. The molecule has 0 atom stereocenters. The Labute approximate surface area is 179 Å². The molecule has 1 rings (SSSR count). The summed E-state index contributed by atoms with van der Waals surface area (Å²) >= 11 is 0. The van der Waals surface area contributed by atoms with E-state index in [0.29, 0.717) is 19.5 Å². The molecule has 0 aromatic heterocycles. The molecule has 0 aliphatic carbocycles. The van der Waals surface area contributed by atoms with Crippen LogP contribution in [0.3, 0.4) is 0 Å². The summed E-state index contributed by atoms with van der Waals surface area (Å²) < 4.78 is 10.4. The van der Waals surface area contributed by atoms with Crippen molar-refractivity contribution in [2.45, 2.75) is 73.0 Å². The van der Waals surface area contributed by atoms with Crippen LogP contribution in [0.15, 0.2) is 18.2 Å². The van der Waals surface area contributed by atoms with Gasteiger partial charge in [0.05, 0.1) is 0 Å². The topological polar surface area (TPSA) is 104 Å². The number of aryl methyl sites for hydroxylation is 1. The van der Waals surface area contributed by atoms with Gasteiger partial charge in [-0.2, -0.15) is 0 Å². The van der Waals surface area contributed by atoms with Gasteiger partial charge in [0, 0.05) is 18.8 Å². The number of nitrogens with one attached hydrogen (secondary N) is 3. The molecular formula is C22H36N4O4. The highest BCUT2D eigenvalue weighted by Crippen LogP contribution is 2.22. The molecule has 0 fully saturated rings. The van der Waals surface area contributed by atoms with Crippen LogP contribution in [0.4, 0.5) is 15.3 Å². The van der Waals surface area contributed by atoms with Gasteiger partial charge in [0.25, 0.3) is 0 Å². The van der Waals surface area contributed by atoms with Gasteiger partial charge in [-0.25, -0.2) is 9.59 Å². The van der Waals surface area contributed by atoms with Crippen molar-refractivity contribution in [3.8, 4) is 0 Å². The molecule has 0 unspecified atom stereocenters. The average molecular weight is 421 g/mol. The highest BCUT2D eigenvalue weighted by molar-refractivity contribution is 6.02. The lowest BCUT2D eigenvalue weighted by Crippen LogP contribution is -2.45. The molecule has 1 aromatic rings. The number of hydrogen-bond donors (Lipinski definition) is 3. The van der Waals surface area contributed by atoms with Crippen LogP contribution in [-0.2, 0) is 15.9 Å². The van der Waals surface area contributed by atoms with E-state index in [9.17, 15) is 9.59 Å². The Morgan fingerprint density at radius 3 is 2.10 bits per heavy atom. The number of carbonyl (C=O) groups is 2. The summed E-state index contributed by atoms with van der Waals surface area (Å²) in [4.78, 5) is 25.4. The van der Waals surface area contributed by atoms with Gasteiger partial charge in [-0.1, -0.05) is 12.1 Å². The third-order valence-electron chi connectivity index (χ3n) is 3.84. The first kappa shape index (κ1) is 25.3. The van der Waals surface area contributed by atoms with Crippen molar-refractivity contribution in [2.24, 2.45) is 0 Å². The normalized spacial score (nSPS) is 11.5. The van der Waals surface area contributed by atoms with Crippen LogP contribution in [0.1, 0.15) is 59.6 Å². The summed E-state index contributed by atoms with van der Waals surface area (Å²) in [6.07, 6.45) is -0.441. The van der Waals surface area contributed by atoms with Crippen molar-refractivity contribution in [1.29, 1.82) is 5.41 Å². The van der Waals surface area contributed by atoms with Crippen molar-refractivity contribution in [3.05, 3.63) is 29.3 Å². The van der Waals surface area contributed by atoms with Gasteiger partial charge in [-0.15, -0.1) is 0 Å². The van der Waals surface area contributed by atoms with Gasteiger partial charge >= 0.3 is 12.2 Å². The Morgan fingerprint density at radius 1 is 1.03 bits per heavy atom. The molecule has 0 spiro atoms. The van der Waals surface area contributed by atoms with Crippen LogP contribution in [0.25, 0.3) is 0 Å². The van der Waals surface area contributed by atoms with Crippen LogP contribution in [0.2, 0.25) is 0 Å². The average Bonchev–Trinajstić information content (AvgIpc) is 2.53. The molecule has 0 radical (unpaired) electrons. The van der Waals surface area contributed by atoms with Gasteiger partial charge in [0.1, 0.15) is 11.2 Å². The number of carbonyl (C=O) groups excluding carboxylic acids is 2. The van der Waals surface area contributed by atoms with Gasteiger partial charge in [-0.05, 0) is 79.0 Å². The van der Waals surface area contributed by atoms with Gasteiger partial charge in [-0.3, -0.25) is 10.7 Å². The predicted molar refractivity (Wildman–Crippen MR) is 119 cm³/mol. The first-order valence-electron chi connectivity index (χ1n) is 10.1. The first-order valence-corrected chi connectivity index (χ1v) is 10.1. The van der Waals surface area contributed by atoms with Crippen molar-refractivity contribution in [2.75, 3.05) is 18.0 Å². The summed E-state index contributed by atoms with van der Waals surface area (Å²) in [5.74, 6) is -0.0470. The fourth-order valence-electron chi connectivity index (χ4n) is 2.72. The second-order valence-corrected chi connectivity index (χ2v) is 9.02. The van der Waals surface area contributed by atoms with E-state index in [0.717, 1.165) is 16.8 Å². The number of benzene rings is 1. The van der Waals surface area contributed by atoms with Gasteiger partial charge in [0.2, 0.25) is 5.96 Å². The lowest BCUT2D eigenvalue weighted by Gasteiger charge is -2.27. The zero-order valence-corrected chi connectivity index (χ0v) is 19.4. The maximum Gasteiger partial charge on any atom is 0.414 e. The molecule has 1 aromatic carbocycles. The van der Waals surface area contributed by atoms with Crippen LogP contribution in [0, 0.1) is 12.3 Å². The minimum Gasteiger partial charge on any atom is -0.444 e. The molecule has 0 saturated heterocycles. The molecule has 0 aliphatic heterocycles. The molecule has 3 N–H and O–H groups in total. The van der Waals surface area contributed by atoms with Crippen LogP contribution >= 0.6 is 0 Å². The molecule has 8 heteroatoms. The third kappa shape index (κ3) is 9.15.